The number of rotatable bonds is 10. The molecule has 0 fully saturated rings. The average Bonchev–Trinajstić information content (AvgIpc) is 3.14. The number of benzene rings is 2. The van der Waals surface area contributed by atoms with E-state index >= 15 is 0 Å². The van der Waals surface area contributed by atoms with Crippen molar-refractivity contribution in [2.75, 3.05) is 7.11 Å². The zero-order valence-electron chi connectivity index (χ0n) is 16.7. The van der Waals surface area contributed by atoms with Gasteiger partial charge in [0.25, 0.3) is 5.91 Å². The van der Waals surface area contributed by atoms with E-state index in [-0.39, 0.29) is 11.7 Å². The fraction of sp³-hybridized carbons (Fsp3) is 0.227. The summed E-state index contributed by atoms with van der Waals surface area (Å²) in [6.07, 6.45) is 1.78. The Morgan fingerprint density at radius 3 is 2.73 bits per heavy atom. The standard InChI is InChI=1S/C22H23FN4O2S/c1-3-12-27-20(14-29-2)25-26-22(27)30-15-17-6-4-5-7-19(17)21(28)24-13-16-8-10-18(23)11-9-16/h3-11H,1,12-15H2,2H3,(H,24,28). The number of nitrogens with zero attached hydrogens (tertiary/aromatic N) is 3. The van der Waals surface area contributed by atoms with Crippen LogP contribution in [0.2, 0.25) is 0 Å². The van der Waals surface area contributed by atoms with Crippen LogP contribution >= 0.6 is 11.8 Å². The van der Waals surface area contributed by atoms with E-state index in [4.69, 9.17) is 4.74 Å². The third-order valence-electron chi connectivity index (χ3n) is 4.36. The highest BCUT2D eigenvalue weighted by Crippen LogP contribution is 2.24. The zero-order chi connectivity index (χ0) is 21.3. The van der Waals surface area contributed by atoms with Gasteiger partial charge in [0, 0.05) is 31.5 Å². The summed E-state index contributed by atoms with van der Waals surface area (Å²) in [5.41, 5.74) is 2.32. The van der Waals surface area contributed by atoms with Gasteiger partial charge in [0.2, 0.25) is 0 Å². The molecule has 0 bridgehead atoms. The number of methoxy groups -OCH3 is 1. The van der Waals surface area contributed by atoms with Gasteiger partial charge in [0.15, 0.2) is 11.0 Å². The summed E-state index contributed by atoms with van der Waals surface area (Å²) >= 11 is 1.50. The van der Waals surface area contributed by atoms with Gasteiger partial charge in [-0.2, -0.15) is 0 Å². The molecule has 156 valence electrons. The van der Waals surface area contributed by atoms with Crippen LogP contribution in [0.1, 0.15) is 27.3 Å². The van der Waals surface area contributed by atoms with Crippen LogP contribution in [0.25, 0.3) is 0 Å². The predicted molar refractivity (Wildman–Crippen MR) is 115 cm³/mol. The highest BCUT2D eigenvalue weighted by molar-refractivity contribution is 7.98. The van der Waals surface area contributed by atoms with Crippen LogP contribution in [-0.2, 0) is 30.2 Å². The summed E-state index contributed by atoms with van der Waals surface area (Å²) < 4.78 is 20.1. The van der Waals surface area contributed by atoms with Crippen molar-refractivity contribution in [1.82, 2.24) is 20.1 Å². The van der Waals surface area contributed by atoms with Crippen LogP contribution in [0.15, 0.2) is 66.3 Å². The largest absolute Gasteiger partial charge is 0.377 e. The Bertz CT molecular complexity index is 1000. The van der Waals surface area contributed by atoms with Crippen molar-refractivity contribution in [3.8, 4) is 0 Å². The number of amides is 1. The fourth-order valence-electron chi connectivity index (χ4n) is 2.86. The van der Waals surface area contributed by atoms with Gasteiger partial charge in [-0.1, -0.05) is 48.2 Å². The molecule has 6 nitrogen and oxygen atoms in total. The number of ether oxygens (including phenoxy) is 1. The van der Waals surface area contributed by atoms with Crippen LogP contribution in [-0.4, -0.2) is 27.8 Å². The minimum atomic E-state index is -0.301. The minimum absolute atomic E-state index is 0.178. The topological polar surface area (TPSA) is 69.0 Å². The normalized spacial score (nSPS) is 10.7. The van der Waals surface area contributed by atoms with Crippen molar-refractivity contribution in [3.05, 3.63) is 89.5 Å². The summed E-state index contributed by atoms with van der Waals surface area (Å²) in [5.74, 6) is 0.807. The van der Waals surface area contributed by atoms with Crippen molar-refractivity contribution in [1.29, 1.82) is 0 Å². The highest BCUT2D eigenvalue weighted by Gasteiger charge is 2.15. The fourth-order valence-corrected chi connectivity index (χ4v) is 3.83. The summed E-state index contributed by atoms with van der Waals surface area (Å²) in [4.78, 5) is 12.7. The van der Waals surface area contributed by atoms with Crippen LogP contribution in [0.3, 0.4) is 0 Å². The van der Waals surface area contributed by atoms with Crippen molar-refractivity contribution < 1.29 is 13.9 Å². The number of allylic oxidation sites excluding steroid dienone is 1. The van der Waals surface area contributed by atoms with Gasteiger partial charge in [-0.15, -0.1) is 16.8 Å². The summed E-state index contributed by atoms with van der Waals surface area (Å²) in [7, 11) is 1.61. The Kier molecular flexibility index (Phi) is 7.75. The molecule has 0 atom stereocenters. The number of hydrogen-bond donors (Lipinski definition) is 1. The van der Waals surface area contributed by atoms with Crippen LogP contribution in [0.4, 0.5) is 4.39 Å². The third-order valence-corrected chi connectivity index (χ3v) is 5.38. The van der Waals surface area contributed by atoms with Crippen LogP contribution < -0.4 is 5.32 Å². The number of carbonyl (C=O) groups is 1. The molecule has 0 unspecified atom stereocenters. The van der Waals surface area contributed by atoms with E-state index in [1.165, 1.54) is 23.9 Å². The second-order valence-electron chi connectivity index (χ2n) is 6.49. The zero-order valence-corrected chi connectivity index (χ0v) is 17.5. The molecule has 0 aliphatic carbocycles. The van der Waals surface area contributed by atoms with E-state index in [1.54, 1.807) is 31.4 Å². The number of aromatic nitrogens is 3. The minimum Gasteiger partial charge on any atom is -0.377 e. The molecule has 3 aromatic rings. The maximum Gasteiger partial charge on any atom is 0.251 e. The first kappa shape index (κ1) is 21.7. The van der Waals surface area contributed by atoms with E-state index in [0.29, 0.717) is 31.0 Å². The van der Waals surface area contributed by atoms with Gasteiger partial charge in [0.1, 0.15) is 12.4 Å². The maximum atomic E-state index is 13.0. The molecule has 0 saturated heterocycles. The predicted octanol–water partition coefficient (Wildman–Crippen LogP) is 3.97. The van der Waals surface area contributed by atoms with Crippen molar-refractivity contribution >= 4 is 17.7 Å². The molecule has 1 N–H and O–H groups in total. The molecule has 1 aromatic heterocycles. The van der Waals surface area contributed by atoms with Crippen molar-refractivity contribution in [2.24, 2.45) is 0 Å². The Hall–Kier alpha value is -2.97. The van der Waals surface area contributed by atoms with Gasteiger partial charge >= 0.3 is 0 Å². The average molecular weight is 427 g/mol. The smallest absolute Gasteiger partial charge is 0.251 e. The Balaban J connectivity index is 1.68. The molecule has 2 aromatic carbocycles. The first-order valence-electron chi connectivity index (χ1n) is 9.37. The van der Waals surface area contributed by atoms with E-state index in [9.17, 15) is 9.18 Å². The summed E-state index contributed by atoms with van der Waals surface area (Å²) in [6.45, 7) is 5.05. The lowest BCUT2D eigenvalue weighted by molar-refractivity contribution is 0.0950. The Morgan fingerprint density at radius 2 is 2.00 bits per heavy atom. The molecule has 1 amide bonds. The van der Waals surface area contributed by atoms with E-state index < -0.39 is 0 Å². The van der Waals surface area contributed by atoms with Crippen molar-refractivity contribution in [3.63, 3.8) is 0 Å². The second kappa shape index (κ2) is 10.7. The van der Waals surface area contributed by atoms with Gasteiger partial charge in [-0.3, -0.25) is 4.79 Å². The van der Waals surface area contributed by atoms with Crippen LogP contribution in [0, 0.1) is 5.82 Å². The lowest BCUT2D eigenvalue weighted by Gasteiger charge is -2.11. The van der Waals surface area contributed by atoms with Gasteiger partial charge in [-0.05, 0) is 29.3 Å². The van der Waals surface area contributed by atoms with Crippen LogP contribution in [0.5, 0.6) is 0 Å². The van der Waals surface area contributed by atoms with Gasteiger partial charge < -0.3 is 14.6 Å². The molecule has 3 rings (SSSR count). The summed E-state index contributed by atoms with van der Waals surface area (Å²) in [6, 6.07) is 13.5. The Labute approximate surface area is 179 Å². The molecule has 8 heteroatoms. The van der Waals surface area contributed by atoms with E-state index in [2.05, 4.69) is 22.1 Å². The lowest BCUT2D eigenvalue weighted by atomic mass is 10.1. The molecular weight excluding hydrogens is 403 g/mol. The molecule has 0 aliphatic heterocycles. The maximum absolute atomic E-state index is 13.0. The molecule has 1 heterocycles. The van der Waals surface area contributed by atoms with E-state index in [1.807, 2.05) is 22.8 Å². The first-order valence-corrected chi connectivity index (χ1v) is 10.4. The van der Waals surface area contributed by atoms with Crippen molar-refractivity contribution in [2.45, 2.75) is 30.6 Å². The first-order chi connectivity index (χ1) is 14.6. The molecule has 0 saturated carbocycles. The molecule has 0 spiro atoms. The molecular formula is C22H23FN4O2S. The SMILES string of the molecule is C=CCn1c(COC)nnc1SCc1ccccc1C(=O)NCc1ccc(F)cc1. The number of halogens is 1. The lowest BCUT2D eigenvalue weighted by Crippen LogP contribution is -2.23. The number of hydrogen-bond acceptors (Lipinski definition) is 5. The van der Waals surface area contributed by atoms with Gasteiger partial charge in [-0.25, -0.2) is 4.39 Å². The number of thioether (sulfide) groups is 1. The van der Waals surface area contributed by atoms with Gasteiger partial charge in [0.05, 0.1) is 0 Å². The monoisotopic (exact) mass is 426 g/mol. The molecule has 30 heavy (non-hydrogen) atoms. The second-order valence-corrected chi connectivity index (χ2v) is 7.43. The number of nitrogens with one attached hydrogen (secondary N) is 1. The Morgan fingerprint density at radius 1 is 1.23 bits per heavy atom. The molecule has 0 radical (unpaired) electrons. The quantitative estimate of drug-likeness (QED) is 0.392. The molecule has 0 aliphatic rings. The van der Waals surface area contributed by atoms with E-state index in [0.717, 1.165) is 22.1 Å². The third kappa shape index (κ3) is 5.55. The summed E-state index contributed by atoms with van der Waals surface area (Å²) in [5, 5.41) is 12.1. The number of carbonyl (C=O) groups excluding carboxylic acids is 1. The highest BCUT2D eigenvalue weighted by atomic mass is 32.2.